The number of hydrogen-bond donors (Lipinski definition) is 4. The van der Waals surface area contributed by atoms with Crippen molar-refractivity contribution in [3.63, 3.8) is 0 Å². The topological polar surface area (TPSA) is 161 Å². The van der Waals surface area contributed by atoms with Crippen LogP contribution in [0.4, 0.5) is 0 Å². The molecule has 0 bridgehead atoms. The van der Waals surface area contributed by atoms with Crippen molar-refractivity contribution in [1.82, 2.24) is 0 Å². The van der Waals surface area contributed by atoms with Gasteiger partial charge in [0.15, 0.2) is 6.29 Å². The summed E-state index contributed by atoms with van der Waals surface area (Å²) in [6.07, 6.45) is 0.0412. The largest absolute Gasteiger partial charge is 0.458 e. The fourth-order valence-corrected chi connectivity index (χ4v) is 10.8. The molecule has 1 heterocycles. The van der Waals surface area contributed by atoms with Gasteiger partial charge in [0, 0.05) is 19.4 Å². The Balaban J connectivity index is 1.21. The quantitative estimate of drug-likeness (QED) is 0.216. The molecular formula is C42H54O11. The summed E-state index contributed by atoms with van der Waals surface area (Å²) in [5, 5.41) is 49.4. The van der Waals surface area contributed by atoms with E-state index in [4.69, 9.17) is 23.7 Å². The molecule has 0 amide bonds. The first-order chi connectivity index (χ1) is 25.1. The fourth-order valence-electron chi connectivity index (χ4n) is 10.8. The van der Waals surface area contributed by atoms with Gasteiger partial charge in [0.25, 0.3) is 0 Å². The highest BCUT2D eigenvalue weighted by atomic mass is 16.7. The van der Waals surface area contributed by atoms with Crippen LogP contribution in [0.2, 0.25) is 0 Å². The molecule has 0 aromatic heterocycles. The Hall–Kier alpha value is -3.16. The van der Waals surface area contributed by atoms with E-state index in [1.54, 1.807) is 88.5 Å². The summed E-state index contributed by atoms with van der Waals surface area (Å²) in [5.74, 6) is -1.79. The maximum Gasteiger partial charge on any atom is 0.338 e. The maximum absolute atomic E-state index is 13.8. The molecule has 4 aliphatic carbocycles. The Bertz CT molecular complexity index is 1700. The number of methoxy groups -OCH3 is 1. The van der Waals surface area contributed by atoms with Crippen LogP contribution in [-0.4, -0.2) is 99.2 Å². The second-order valence-electron chi connectivity index (χ2n) is 16.5. The van der Waals surface area contributed by atoms with Crippen molar-refractivity contribution in [3.05, 3.63) is 83.4 Å². The van der Waals surface area contributed by atoms with Crippen molar-refractivity contribution in [3.8, 4) is 0 Å². The summed E-state index contributed by atoms with van der Waals surface area (Å²) in [6.45, 7) is 7.17. The Labute approximate surface area is 311 Å². The number of aliphatic hydroxyl groups is 4. The Kier molecular flexibility index (Phi) is 9.96. The van der Waals surface area contributed by atoms with Crippen molar-refractivity contribution >= 4 is 11.9 Å². The highest BCUT2D eigenvalue weighted by Gasteiger charge is 2.81. The average molecular weight is 735 g/mol. The molecular weight excluding hydrogens is 680 g/mol. The van der Waals surface area contributed by atoms with E-state index in [9.17, 15) is 30.0 Å². The van der Waals surface area contributed by atoms with E-state index in [1.165, 1.54) is 0 Å². The summed E-state index contributed by atoms with van der Waals surface area (Å²) >= 11 is 0. The van der Waals surface area contributed by atoms with E-state index in [1.807, 2.05) is 6.08 Å². The van der Waals surface area contributed by atoms with E-state index in [0.29, 0.717) is 36.8 Å². The third kappa shape index (κ3) is 5.89. The zero-order chi connectivity index (χ0) is 38.0. The summed E-state index contributed by atoms with van der Waals surface area (Å²) in [7, 11) is 1.57. The molecule has 4 fully saturated rings. The summed E-state index contributed by atoms with van der Waals surface area (Å²) in [4.78, 5) is 27.1. The summed E-state index contributed by atoms with van der Waals surface area (Å²) in [6, 6.07) is 17.1. The lowest BCUT2D eigenvalue weighted by molar-refractivity contribution is -0.325. The van der Waals surface area contributed by atoms with Crippen molar-refractivity contribution in [2.45, 2.75) is 139 Å². The van der Waals surface area contributed by atoms with Crippen molar-refractivity contribution in [2.24, 2.45) is 16.7 Å². The lowest BCUT2D eigenvalue weighted by atomic mass is 9.42. The first-order valence-corrected chi connectivity index (χ1v) is 19.0. The zero-order valence-electron chi connectivity index (χ0n) is 31.3. The van der Waals surface area contributed by atoms with Crippen LogP contribution >= 0.6 is 0 Å². The third-order valence-electron chi connectivity index (χ3n) is 14.1. The number of benzene rings is 2. The highest BCUT2D eigenvalue weighted by molar-refractivity contribution is 5.90. The van der Waals surface area contributed by atoms with Gasteiger partial charge in [0.2, 0.25) is 0 Å². The lowest BCUT2D eigenvalue weighted by Crippen LogP contribution is -2.78. The fraction of sp³-hybridized carbons (Fsp3) is 0.619. The van der Waals surface area contributed by atoms with Crippen LogP contribution in [0.15, 0.2) is 72.3 Å². The molecule has 11 nitrogen and oxygen atoms in total. The molecule has 53 heavy (non-hydrogen) atoms. The number of esters is 2. The number of carbonyl (C=O) groups excluding carboxylic acids is 2. The molecule has 7 rings (SSSR count). The van der Waals surface area contributed by atoms with E-state index in [2.05, 4.69) is 6.92 Å². The van der Waals surface area contributed by atoms with Crippen LogP contribution in [0.5, 0.6) is 0 Å². The number of carbonyl (C=O) groups is 2. The summed E-state index contributed by atoms with van der Waals surface area (Å²) in [5.41, 5.74) is -6.04. The second kappa shape index (κ2) is 13.8. The van der Waals surface area contributed by atoms with Gasteiger partial charge in [-0.1, -0.05) is 61.9 Å². The minimum atomic E-state index is -1.94. The standard InChI is InChI=1S/C42H54O11/c1-25-35(43)31(49-5)23-34(50-25)52-30-17-18-38(3)29(22-30)16-19-41(47)32(38)24-33(53-37(45)28-14-10-7-11-15-28)39(4)40(46,20-21-42(39,41)48)26(2)51-36(44)27-12-8-6-9-13-27/h6-16,25-26,30-35,43,46-48H,17-24H2,1-5H3. The predicted octanol–water partition coefficient (Wildman–Crippen LogP) is 4.89. The highest BCUT2D eigenvalue weighted by Crippen LogP contribution is 2.71. The molecule has 11 heteroatoms. The second-order valence-corrected chi connectivity index (χ2v) is 16.5. The molecule has 2 aromatic rings. The van der Waals surface area contributed by atoms with E-state index in [-0.39, 0.29) is 31.8 Å². The smallest absolute Gasteiger partial charge is 0.338 e. The van der Waals surface area contributed by atoms with Gasteiger partial charge in [0.1, 0.15) is 35.1 Å². The SMILES string of the molecule is COC1CC(OC2CCC3(C)C(=CCC4(O)C3CC(OC(=O)c3ccccc3)C3(C)C(O)(C(C)OC(=O)c5ccccc5)CCC43O)C2)OC(C)C1O. The minimum absolute atomic E-state index is 0.00215. The molecule has 4 N–H and O–H groups in total. The van der Waals surface area contributed by atoms with Crippen LogP contribution in [0.3, 0.4) is 0 Å². The van der Waals surface area contributed by atoms with Crippen LogP contribution in [0.1, 0.15) is 99.8 Å². The van der Waals surface area contributed by atoms with Gasteiger partial charge in [-0.2, -0.15) is 0 Å². The molecule has 2 aromatic carbocycles. The first kappa shape index (κ1) is 38.1. The van der Waals surface area contributed by atoms with Gasteiger partial charge in [-0.15, -0.1) is 0 Å². The van der Waals surface area contributed by atoms with Crippen LogP contribution in [0.25, 0.3) is 0 Å². The molecule has 0 spiro atoms. The first-order valence-electron chi connectivity index (χ1n) is 19.0. The molecule has 1 aliphatic heterocycles. The Morgan fingerprint density at radius 2 is 1.55 bits per heavy atom. The van der Waals surface area contributed by atoms with Crippen molar-refractivity contribution in [2.75, 3.05) is 7.11 Å². The number of aliphatic hydroxyl groups excluding tert-OH is 1. The third-order valence-corrected chi connectivity index (χ3v) is 14.1. The van der Waals surface area contributed by atoms with Crippen LogP contribution in [-0.2, 0) is 23.7 Å². The number of fused-ring (bicyclic) bond motifs is 5. The van der Waals surface area contributed by atoms with E-state index in [0.717, 1.165) is 5.57 Å². The Morgan fingerprint density at radius 3 is 2.19 bits per heavy atom. The number of rotatable bonds is 8. The van der Waals surface area contributed by atoms with Crippen LogP contribution in [0, 0.1) is 16.7 Å². The van der Waals surface area contributed by atoms with Crippen molar-refractivity contribution in [1.29, 1.82) is 0 Å². The minimum Gasteiger partial charge on any atom is -0.458 e. The molecule has 1 saturated heterocycles. The van der Waals surface area contributed by atoms with Gasteiger partial charge in [-0.3, -0.25) is 0 Å². The maximum atomic E-state index is 13.8. The molecule has 5 aliphatic rings. The lowest BCUT2D eigenvalue weighted by Gasteiger charge is -2.67. The van der Waals surface area contributed by atoms with Crippen molar-refractivity contribution < 1.29 is 53.7 Å². The number of ether oxygens (including phenoxy) is 5. The van der Waals surface area contributed by atoms with Gasteiger partial charge in [0.05, 0.1) is 34.9 Å². The molecule has 3 saturated carbocycles. The van der Waals surface area contributed by atoms with E-state index < -0.39 is 82.3 Å². The molecule has 13 atom stereocenters. The normalized spacial score (nSPS) is 42.7. The molecule has 288 valence electrons. The van der Waals surface area contributed by atoms with Gasteiger partial charge in [-0.05, 0) is 88.5 Å². The molecule has 0 radical (unpaired) electrons. The van der Waals surface area contributed by atoms with Gasteiger partial charge in [-0.25, -0.2) is 9.59 Å². The monoisotopic (exact) mass is 734 g/mol. The molecule has 13 unspecified atom stereocenters. The summed E-state index contributed by atoms with van der Waals surface area (Å²) < 4.78 is 30.3. The average Bonchev–Trinajstić information content (AvgIpc) is 3.38. The van der Waals surface area contributed by atoms with Gasteiger partial charge < -0.3 is 44.1 Å². The van der Waals surface area contributed by atoms with Crippen LogP contribution < -0.4 is 0 Å². The van der Waals surface area contributed by atoms with E-state index >= 15 is 0 Å². The Morgan fingerprint density at radius 1 is 0.906 bits per heavy atom. The zero-order valence-corrected chi connectivity index (χ0v) is 31.3. The van der Waals surface area contributed by atoms with Gasteiger partial charge >= 0.3 is 11.9 Å². The number of hydrogen-bond acceptors (Lipinski definition) is 11. The predicted molar refractivity (Wildman–Crippen MR) is 193 cm³/mol.